The molecule has 0 aliphatic rings. The molecule has 0 bridgehead atoms. The normalized spacial score (nSPS) is 11.8. The van der Waals surface area contributed by atoms with E-state index in [1.165, 1.54) is 6.07 Å². The molecule has 0 radical (unpaired) electrons. The van der Waals surface area contributed by atoms with Crippen LogP contribution in [0.3, 0.4) is 0 Å². The Bertz CT molecular complexity index is 3800. The molecule has 69 heavy (non-hydrogen) atoms. The molecule has 0 unspecified atom stereocenters. The topological polar surface area (TPSA) is 14.2 Å². The lowest BCUT2D eigenvalue weighted by atomic mass is 9.92. The van der Waals surface area contributed by atoms with Gasteiger partial charge in [-0.05, 0) is 129 Å². The second-order valence-corrected chi connectivity index (χ2v) is 17.5. The van der Waals surface area contributed by atoms with E-state index in [4.69, 9.17) is 0 Å². The van der Waals surface area contributed by atoms with Crippen LogP contribution in [-0.4, -0.2) is 9.13 Å². The number of benzene rings is 10. The number of hydrogen-bond acceptors (Lipinski definition) is 0. The zero-order chi connectivity index (χ0) is 46.8. The molecule has 0 aliphatic carbocycles. The highest BCUT2D eigenvalue weighted by atomic mass is 19.4. The molecule has 0 fully saturated rings. The summed E-state index contributed by atoms with van der Waals surface area (Å²) in [7, 11) is 0. The summed E-state index contributed by atoms with van der Waals surface area (Å²) in [5.74, 6) is 0. The van der Waals surface area contributed by atoms with Gasteiger partial charge >= 0.3 is 6.18 Å². The maximum absolute atomic E-state index is 15.4. The lowest BCUT2D eigenvalue weighted by Gasteiger charge is -2.23. The number of alkyl halides is 3. The third kappa shape index (κ3) is 6.98. The number of halogens is 3. The molecule has 328 valence electrons. The monoisotopic (exact) mass is 895 g/mol. The van der Waals surface area contributed by atoms with Gasteiger partial charge in [-0.3, -0.25) is 0 Å². The molecule has 0 N–H and O–H groups in total. The molecule has 10 aromatic carbocycles. The third-order valence-corrected chi connectivity index (χ3v) is 13.5. The van der Waals surface area contributed by atoms with Crippen LogP contribution < -0.4 is 0 Å². The van der Waals surface area contributed by atoms with E-state index in [9.17, 15) is 6.57 Å². The van der Waals surface area contributed by atoms with E-state index >= 15 is 13.2 Å². The summed E-state index contributed by atoms with van der Waals surface area (Å²) >= 11 is 0. The number of nitrogens with zero attached hydrogens (tertiary/aromatic N) is 3. The van der Waals surface area contributed by atoms with Crippen molar-refractivity contribution in [1.82, 2.24) is 9.13 Å². The SMILES string of the molecule is [C-]#[N+]c1c(-n2c3ccc(-c4ccccc4)cc3c3cc(-c4ccccc4)ccc32)ccc(-c2c(C)cccc2C(F)(F)F)c1-n1c2ccc(-c3ccccc3)cc2c2cc(-c3ccccc3)ccc21. The molecule has 0 atom stereocenters. The Morgan fingerprint density at radius 1 is 0.391 bits per heavy atom. The van der Waals surface area contributed by atoms with Crippen LogP contribution in [-0.2, 0) is 6.18 Å². The second kappa shape index (κ2) is 16.4. The van der Waals surface area contributed by atoms with Crippen molar-refractivity contribution in [3.8, 4) is 67.0 Å². The number of rotatable bonds is 7. The van der Waals surface area contributed by atoms with Crippen molar-refractivity contribution in [3.63, 3.8) is 0 Å². The average Bonchev–Trinajstić information content (AvgIpc) is 3.90. The smallest absolute Gasteiger partial charge is 0.319 e. The van der Waals surface area contributed by atoms with E-state index in [-0.39, 0.29) is 11.3 Å². The molecular weight excluding hydrogens is 856 g/mol. The number of aromatic nitrogens is 2. The molecule has 2 heterocycles. The van der Waals surface area contributed by atoms with Crippen LogP contribution >= 0.6 is 0 Å². The standard InChI is InChI=1S/C63H40F3N3/c1-40-16-15-25-54(63(64,65)66)60(40)49-30-35-59(68-55-31-26-45(41-17-7-3-8-18-41)36-50(55)51-37-46(27-32-56(51)68)42-19-9-4-10-20-42)61(67-2)62(49)69-57-33-28-47(43-21-11-5-12-22-43)38-52(57)53-39-48(29-34-58(53)69)44-23-13-6-14-24-44/h3-39H,1H3. The van der Waals surface area contributed by atoms with Crippen LogP contribution in [0, 0.1) is 13.5 Å². The van der Waals surface area contributed by atoms with E-state index in [1.807, 2.05) is 95.6 Å². The van der Waals surface area contributed by atoms with Gasteiger partial charge in [0.1, 0.15) is 0 Å². The van der Waals surface area contributed by atoms with Crippen LogP contribution in [0.15, 0.2) is 224 Å². The van der Waals surface area contributed by atoms with Gasteiger partial charge < -0.3 is 9.13 Å². The van der Waals surface area contributed by atoms with Gasteiger partial charge in [-0.1, -0.05) is 164 Å². The largest absolute Gasteiger partial charge is 0.417 e. The summed E-state index contributed by atoms with van der Waals surface area (Å²) in [6.07, 6.45) is -4.68. The molecule has 0 spiro atoms. The Morgan fingerprint density at radius 2 is 0.768 bits per heavy atom. The fraction of sp³-hybridized carbons (Fsp3) is 0.0317. The van der Waals surface area contributed by atoms with E-state index in [0.717, 1.165) is 94.2 Å². The van der Waals surface area contributed by atoms with E-state index in [0.29, 0.717) is 22.5 Å². The van der Waals surface area contributed by atoms with Crippen LogP contribution in [0.25, 0.3) is 115 Å². The van der Waals surface area contributed by atoms with Crippen LogP contribution in [0.4, 0.5) is 18.9 Å². The van der Waals surface area contributed by atoms with Crippen LogP contribution in [0.1, 0.15) is 11.1 Å². The highest BCUT2D eigenvalue weighted by molar-refractivity contribution is 6.15. The summed E-state index contributed by atoms with van der Waals surface area (Å²) in [6.45, 7) is 10.9. The van der Waals surface area contributed by atoms with Crippen molar-refractivity contribution < 1.29 is 13.2 Å². The average molecular weight is 896 g/mol. The maximum Gasteiger partial charge on any atom is 0.417 e. The van der Waals surface area contributed by atoms with Crippen molar-refractivity contribution in [3.05, 3.63) is 247 Å². The van der Waals surface area contributed by atoms with Gasteiger partial charge in [0, 0.05) is 21.5 Å². The fourth-order valence-corrected chi connectivity index (χ4v) is 10.3. The number of fused-ring (bicyclic) bond motifs is 6. The Labute approximate surface area is 397 Å². The fourth-order valence-electron chi connectivity index (χ4n) is 10.3. The summed E-state index contributed by atoms with van der Waals surface area (Å²) in [5, 5.41) is 3.80. The molecule has 3 nitrogen and oxygen atoms in total. The molecule has 12 aromatic rings. The minimum atomic E-state index is -4.68. The maximum atomic E-state index is 15.4. The highest BCUT2D eigenvalue weighted by Gasteiger charge is 2.36. The first-order chi connectivity index (χ1) is 33.7. The molecule has 0 amide bonds. The Balaban J connectivity index is 1.21. The molecule has 12 rings (SSSR count). The second-order valence-electron chi connectivity index (χ2n) is 17.5. The van der Waals surface area contributed by atoms with E-state index in [2.05, 4.69) is 119 Å². The molecule has 0 saturated carbocycles. The Hall–Kier alpha value is -8.92. The highest BCUT2D eigenvalue weighted by Crippen LogP contribution is 2.50. The first-order valence-corrected chi connectivity index (χ1v) is 22.9. The van der Waals surface area contributed by atoms with Crippen molar-refractivity contribution in [1.29, 1.82) is 0 Å². The number of aryl methyl sites for hydroxylation is 1. The summed E-state index contributed by atoms with van der Waals surface area (Å²) in [4.78, 5) is 4.40. The van der Waals surface area contributed by atoms with Crippen molar-refractivity contribution in [2.75, 3.05) is 0 Å². The zero-order valence-electron chi connectivity index (χ0n) is 37.3. The van der Waals surface area contributed by atoms with Crippen molar-refractivity contribution in [2.45, 2.75) is 13.1 Å². The van der Waals surface area contributed by atoms with Gasteiger partial charge in [0.05, 0.1) is 45.6 Å². The summed E-state index contributed by atoms with van der Waals surface area (Å²) in [6, 6.07) is 74.1. The molecular formula is C63H40F3N3. The molecule has 0 saturated heterocycles. The zero-order valence-corrected chi connectivity index (χ0v) is 37.3. The minimum absolute atomic E-state index is 0.0375. The van der Waals surface area contributed by atoms with Crippen LogP contribution in [0.2, 0.25) is 0 Å². The Morgan fingerprint density at radius 3 is 1.13 bits per heavy atom. The molecule has 0 aliphatic heterocycles. The van der Waals surface area contributed by atoms with Gasteiger partial charge in [-0.2, -0.15) is 13.2 Å². The van der Waals surface area contributed by atoms with Gasteiger partial charge in [-0.25, -0.2) is 4.85 Å². The minimum Gasteiger partial charge on any atom is -0.319 e. The van der Waals surface area contributed by atoms with Gasteiger partial charge in [0.25, 0.3) is 0 Å². The van der Waals surface area contributed by atoms with Crippen molar-refractivity contribution in [2.24, 2.45) is 0 Å². The van der Waals surface area contributed by atoms with Crippen molar-refractivity contribution >= 4 is 49.3 Å². The first-order valence-electron chi connectivity index (χ1n) is 22.9. The van der Waals surface area contributed by atoms with Gasteiger partial charge in [0.15, 0.2) is 0 Å². The predicted octanol–water partition coefficient (Wildman–Crippen LogP) is 18.1. The van der Waals surface area contributed by atoms with Gasteiger partial charge in [-0.15, -0.1) is 0 Å². The molecule has 2 aromatic heterocycles. The third-order valence-electron chi connectivity index (χ3n) is 13.5. The van der Waals surface area contributed by atoms with Crippen LogP contribution in [0.5, 0.6) is 0 Å². The lowest BCUT2D eigenvalue weighted by molar-refractivity contribution is -0.137. The predicted molar refractivity (Wildman–Crippen MR) is 278 cm³/mol. The Kier molecular flexibility index (Phi) is 9.89. The first kappa shape index (κ1) is 41.5. The molecule has 6 heteroatoms. The quantitative estimate of drug-likeness (QED) is 0.142. The van der Waals surface area contributed by atoms with E-state index in [1.54, 1.807) is 19.1 Å². The summed E-state index contributed by atoms with van der Waals surface area (Å²) < 4.78 is 50.3. The summed E-state index contributed by atoms with van der Waals surface area (Å²) in [5.41, 5.74) is 12.8. The van der Waals surface area contributed by atoms with E-state index < -0.39 is 11.7 Å². The lowest BCUT2D eigenvalue weighted by Crippen LogP contribution is -2.10. The number of hydrogen-bond donors (Lipinski definition) is 0. The van der Waals surface area contributed by atoms with Gasteiger partial charge in [0.2, 0.25) is 5.69 Å².